The minimum absolute atomic E-state index is 0.549. The van der Waals surface area contributed by atoms with E-state index in [4.69, 9.17) is 0 Å². The van der Waals surface area contributed by atoms with Crippen LogP contribution in [0.15, 0.2) is 42.7 Å². The summed E-state index contributed by atoms with van der Waals surface area (Å²) in [6.07, 6.45) is 8.74. The monoisotopic (exact) mass is 271 g/mol. The molecule has 1 aromatic carbocycles. The molecule has 0 aliphatic rings. The zero-order valence-corrected chi connectivity index (χ0v) is 12.5. The Kier molecular flexibility index (Phi) is 5.81. The van der Waals surface area contributed by atoms with Crippen LogP contribution in [0.3, 0.4) is 0 Å². The number of benzene rings is 1. The Morgan fingerprint density at radius 3 is 2.65 bits per heavy atom. The minimum Gasteiger partial charge on any atom is -0.314 e. The van der Waals surface area contributed by atoms with E-state index in [0.29, 0.717) is 6.04 Å². The van der Waals surface area contributed by atoms with Gasteiger partial charge in [0.2, 0.25) is 0 Å². The van der Waals surface area contributed by atoms with Crippen LogP contribution >= 0.6 is 0 Å². The SMILES string of the molecule is CCNC(CCCc1ccccc1)Cc1cnn(C)c1. The van der Waals surface area contributed by atoms with E-state index in [0.717, 1.165) is 19.4 Å². The van der Waals surface area contributed by atoms with E-state index in [9.17, 15) is 0 Å². The van der Waals surface area contributed by atoms with Crippen molar-refractivity contribution >= 4 is 0 Å². The molecule has 1 heterocycles. The van der Waals surface area contributed by atoms with E-state index in [2.05, 4.69) is 53.9 Å². The Hall–Kier alpha value is -1.61. The number of aromatic nitrogens is 2. The van der Waals surface area contributed by atoms with E-state index in [-0.39, 0.29) is 0 Å². The van der Waals surface area contributed by atoms with Crippen molar-refractivity contribution in [2.75, 3.05) is 6.54 Å². The zero-order chi connectivity index (χ0) is 14.2. The van der Waals surface area contributed by atoms with Crippen LogP contribution in [0.4, 0.5) is 0 Å². The second-order valence-electron chi connectivity index (χ2n) is 5.36. The van der Waals surface area contributed by atoms with Gasteiger partial charge in [-0.15, -0.1) is 0 Å². The lowest BCUT2D eigenvalue weighted by Crippen LogP contribution is -2.31. The largest absolute Gasteiger partial charge is 0.314 e. The number of likely N-dealkylation sites (N-methyl/N-ethyl adjacent to an activating group) is 1. The summed E-state index contributed by atoms with van der Waals surface area (Å²) in [6.45, 7) is 3.20. The van der Waals surface area contributed by atoms with Gasteiger partial charge >= 0.3 is 0 Å². The lowest BCUT2D eigenvalue weighted by atomic mass is 10.0. The van der Waals surface area contributed by atoms with Crippen molar-refractivity contribution in [1.82, 2.24) is 15.1 Å². The maximum absolute atomic E-state index is 4.25. The zero-order valence-electron chi connectivity index (χ0n) is 12.5. The van der Waals surface area contributed by atoms with Crippen LogP contribution in [0.5, 0.6) is 0 Å². The summed E-state index contributed by atoms with van der Waals surface area (Å²) in [6, 6.07) is 11.3. The lowest BCUT2D eigenvalue weighted by Gasteiger charge is -2.17. The molecule has 108 valence electrons. The van der Waals surface area contributed by atoms with Gasteiger partial charge in [-0.1, -0.05) is 37.3 Å². The Morgan fingerprint density at radius 2 is 2.00 bits per heavy atom. The molecule has 0 saturated carbocycles. The number of nitrogens with zero attached hydrogens (tertiary/aromatic N) is 2. The van der Waals surface area contributed by atoms with Crippen LogP contribution in [0.2, 0.25) is 0 Å². The van der Waals surface area contributed by atoms with E-state index >= 15 is 0 Å². The highest BCUT2D eigenvalue weighted by atomic mass is 15.2. The molecule has 1 unspecified atom stereocenters. The van der Waals surface area contributed by atoms with Crippen molar-refractivity contribution in [3.8, 4) is 0 Å². The van der Waals surface area contributed by atoms with Gasteiger partial charge in [0.05, 0.1) is 6.20 Å². The smallest absolute Gasteiger partial charge is 0.0522 e. The maximum Gasteiger partial charge on any atom is 0.0522 e. The van der Waals surface area contributed by atoms with Crippen molar-refractivity contribution in [3.05, 3.63) is 53.9 Å². The number of hydrogen-bond donors (Lipinski definition) is 1. The summed E-state index contributed by atoms with van der Waals surface area (Å²) in [5, 5.41) is 7.84. The van der Waals surface area contributed by atoms with Crippen LogP contribution in [0, 0.1) is 0 Å². The van der Waals surface area contributed by atoms with Gasteiger partial charge in [0.25, 0.3) is 0 Å². The molecule has 3 heteroatoms. The molecule has 2 rings (SSSR count). The Labute approximate surface area is 122 Å². The molecule has 2 aromatic rings. The lowest BCUT2D eigenvalue weighted by molar-refractivity contribution is 0.476. The highest BCUT2D eigenvalue weighted by Gasteiger charge is 2.09. The van der Waals surface area contributed by atoms with Crippen molar-refractivity contribution < 1.29 is 0 Å². The van der Waals surface area contributed by atoms with Crippen molar-refractivity contribution in [3.63, 3.8) is 0 Å². The first kappa shape index (κ1) is 14.8. The molecule has 0 spiro atoms. The Balaban J connectivity index is 1.80. The maximum atomic E-state index is 4.25. The van der Waals surface area contributed by atoms with Gasteiger partial charge in [-0.2, -0.15) is 5.10 Å². The molecule has 0 saturated heterocycles. The molecule has 0 radical (unpaired) electrons. The van der Waals surface area contributed by atoms with Gasteiger partial charge < -0.3 is 5.32 Å². The summed E-state index contributed by atoms with van der Waals surface area (Å²) < 4.78 is 1.88. The summed E-state index contributed by atoms with van der Waals surface area (Å²) in [5.74, 6) is 0. The highest BCUT2D eigenvalue weighted by Crippen LogP contribution is 2.10. The molecule has 20 heavy (non-hydrogen) atoms. The minimum atomic E-state index is 0.549. The quantitative estimate of drug-likeness (QED) is 0.800. The van der Waals surface area contributed by atoms with Crippen LogP contribution in [-0.2, 0) is 19.9 Å². The van der Waals surface area contributed by atoms with E-state index in [1.54, 1.807) is 0 Å². The summed E-state index contributed by atoms with van der Waals surface area (Å²) in [4.78, 5) is 0. The van der Waals surface area contributed by atoms with Gasteiger partial charge in [-0.25, -0.2) is 0 Å². The topological polar surface area (TPSA) is 29.9 Å². The van der Waals surface area contributed by atoms with Crippen molar-refractivity contribution in [2.45, 2.75) is 38.6 Å². The van der Waals surface area contributed by atoms with Crippen LogP contribution in [0.25, 0.3) is 0 Å². The predicted molar refractivity (Wildman–Crippen MR) is 83.8 cm³/mol. The normalized spacial score (nSPS) is 12.5. The summed E-state index contributed by atoms with van der Waals surface area (Å²) in [5.41, 5.74) is 2.75. The fourth-order valence-corrected chi connectivity index (χ4v) is 2.62. The van der Waals surface area contributed by atoms with Crippen LogP contribution < -0.4 is 5.32 Å². The first-order valence-corrected chi connectivity index (χ1v) is 7.52. The van der Waals surface area contributed by atoms with E-state index in [1.807, 2.05) is 17.9 Å². The molecule has 0 amide bonds. The van der Waals surface area contributed by atoms with Crippen LogP contribution in [-0.4, -0.2) is 22.4 Å². The fraction of sp³-hybridized carbons (Fsp3) is 0.471. The highest BCUT2D eigenvalue weighted by molar-refractivity contribution is 5.14. The standard InChI is InChI=1S/C17H25N3/c1-3-18-17(12-16-13-19-20(2)14-16)11-7-10-15-8-5-4-6-9-15/h4-6,8-9,13-14,17-18H,3,7,10-12H2,1-2H3. The van der Waals surface area contributed by atoms with Gasteiger partial charge in [-0.05, 0) is 43.4 Å². The third-order valence-corrected chi connectivity index (χ3v) is 3.59. The molecule has 0 aliphatic heterocycles. The molecule has 0 bridgehead atoms. The van der Waals surface area contributed by atoms with Gasteiger partial charge in [0, 0.05) is 19.3 Å². The van der Waals surface area contributed by atoms with Gasteiger partial charge in [-0.3, -0.25) is 4.68 Å². The number of nitrogens with one attached hydrogen (secondary N) is 1. The molecule has 1 N–H and O–H groups in total. The second-order valence-corrected chi connectivity index (χ2v) is 5.36. The first-order chi connectivity index (χ1) is 9.78. The predicted octanol–water partition coefficient (Wildman–Crippen LogP) is 2.96. The average molecular weight is 271 g/mol. The Morgan fingerprint density at radius 1 is 1.20 bits per heavy atom. The fourth-order valence-electron chi connectivity index (χ4n) is 2.62. The molecule has 1 atom stereocenters. The molecule has 1 aromatic heterocycles. The van der Waals surface area contributed by atoms with E-state index in [1.165, 1.54) is 24.0 Å². The van der Waals surface area contributed by atoms with Gasteiger partial charge in [0.15, 0.2) is 0 Å². The Bertz CT molecular complexity index is 490. The third kappa shape index (κ3) is 4.82. The molecule has 0 aliphatic carbocycles. The average Bonchev–Trinajstić information content (AvgIpc) is 2.85. The van der Waals surface area contributed by atoms with Crippen molar-refractivity contribution in [2.24, 2.45) is 7.05 Å². The first-order valence-electron chi connectivity index (χ1n) is 7.52. The number of rotatable bonds is 8. The second kappa shape index (κ2) is 7.85. The van der Waals surface area contributed by atoms with Crippen LogP contribution in [0.1, 0.15) is 30.9 Å². The number of hydrogen-bond acceptors (Lipinski definition) is 2. The molecule has 3 nitrogen and oxygen atoms in total. The third-order valence-electron chi connectivity index (χ3n) is 3.59. The molecular weight excluding hydrogens is 246 g/mol. The van der Waals surface area contributed by atoms with Gasteiger partial charge in [0.1, 0.15) is 0 Å². The summed E-state index contributed by atoms with van der Waals surface area (Å²) >= 11 is 0. The molecular formula is C17H25N3. The summed E-state index contributed by atoms with van der Waals surface area (Å²) in [7, 11) is 1.97. The molecule has 0 fully saturated rings. The van der Waals surface area contributed by atoms with E-state index < -0.39 is 0 Å². The number of aryl methyl sites for hydroxylation is 2. The van der Waals surface area contributed by atoms with Crippen molar-refractivity contribution in [1.29, 1.82) is 0 Å².